The molecule has 0 bridgehead atoms. The van der Waals surface area contributed by atoms with Gasteiger partial charge in [-0.3, -0.25) is 4.79 Å². The zero-order chi connectivity index (χ0) is 24.7. The lowest BCUT2D eigenvalue weighted by atomic mass is 10.2. The molecule has 2 aliphatic rings. The second-order valence-corrected chi connectivity index (χ2v) is 10.5. The number of hydrogen-bond donors (Lipinski definition) is 1. The predicted molar refractivity (Wildman–Crippen MR) is 116 cm³/mol. The Morgan fingerprint density at radius 1 is 1.24 bits per heavy atom. The number of benzene rings is 1. The summed E-state index contributed by atoms with van der Waals surface area (Å²) < 4.78 is 84.2. The molecular weight excluding hydrogens is 502 g/mol. The van der Waals surface area contributed by atoms with Gasteiger partial charge in [0.1, 0.15) is 24.0 Å². The highest BCUT2D eigenvalue weighted by Crippen LogP contribution is 2.33. The van der Waals surface area contributed by atoms with Crippen LogP contribution in [0.15, 0.2) is 30.5 Å². The summed E-state index contributed by atoms with van der Waals surface area (Å²) in [6.07, 6.45) is -1.40. The van der Waals surface area contributed by atoms with Crippen molar-refractivity contribution in [2.24, 2.45) is 0 Å². The lowest BCUT2D eigenvalue weighted by molar-refractivity contribution is -0.137. The molecule has 2 aromatic rings. The van der Waals surface area contributed by atoms with Gasteiger partial charge in [0.2, 0.25) is 10.0 Å². The summed E-state index contributed by atoms with van der Waals surface area (Å²) in [5.74, 6) is -1.81. The van der Waals surface area contributed by atoms with Gasteiger partial charge >= 0.3 is 6.18 Å². The fourth-order valence-electron chi connectivity index (χ4n) is 3.68. The van der Waals surface area contributed by atoms with Crippen molar-refractivity contribution >= 4 is 33.3 Å². The number of anilines is 1. The van der Waals surface area contributed by atoms with E-state index in [1.54, 1.807) is 4.90 Å². The van der Waals surface area contributed by atoms with Crippen molar-refractivity contribution in [3.63, 3.8) is 0 Å². The molecule has 2 heterocycles. The Kier molecular flexibility index (Phi) is 6.65. The molecular formula is C21H20ClF4N3O4S. The minimum absolute atomic E-state index is 0.0451. The smallest absolute Gasteiger partial charge is 0.417 e. The van der Waals surface area contributed by atoms with Gasteiger partial charge in [-0.2, -0.15) is 13.2 Å². The summed E-state index contributed by atoms with van der Waals surface area (Å²) in [5, 5.41) is -0.737. The summed E-state index contributed by atoms with van der Waals surface area (Å²) in [5.41, 5.74) is -1.38. The highest BCUT2D eigenvalue weighted by molar-refractivity contribution is 7.91. The number of ether oxygens (including phenoxy) is 1. The number of carbonyl (C=O) groups excluding carboxylic acids is 1. The van der Waals surface area contributed by atoms with Gasteiger partial charge in [-0.1, -0.05) is 11.6 Å². The molecule has 1 atom stereocenters. The van der Waals surface area contributed by atoms with E-state index < -0.39 is 44.3 Å². The van der Waals surface area contributed by atoms with E-state index in [4.69, 9.17) is 16.3 Å². The Hall–Kier alpha value is -2.60. The SMILES string of the molecule is O=C(NS(=O)(=O)C1CC1)c1cc(Cl)c(OCC2CCCN2c2ccc(C(F)(F)F)cn2)cc1F. The van der Waals surface area contributed by atoms with Crippen molar-refractivity contribution < 1.29 is 35.5 Å². The lowest BCUT2D eigenvalue weighted by Crippen LogP contribution is -2.35. The topological polar surface area (TPSA) is 88.6 Å². The first-order valence-electron chi connectivity index (χ1n) is 10.4. The van der Waals surface area contributed by atoms with Crippen molar-refractivity contribution in [1.29, 1.82) is 0 Å². The number of carbonyl (C=O) groups is 1. The second kappa shape index (κ2) is 9.21. The number of aromatic nitrogens is 1. The molecule has 0 radical (unpaired) electrons. The first-order valence-corrected chi connectivity index (χ1v) is 12.4. The largest absolute Gasteiger partial charge is 0.490 e. The number of halogens is 5. The average molecular weight is 522 g/mol. The van der Waals surface area contributed by atoms with Crippen LogP contribution in [-0.2, 0) is 16.2 Å². The number of pyridine rings is 1. The third-order valence-corrected chi connectivity index (χ3v) is 7.76. The van der Waals surface area contributed by atoms with E-state index >= 15 is 0 Å². The number of rotatable bonds is 7. The van der Waals surface area contributed by atoms with Crippen LogP contribution in [0.3, 0.4) is 0 Å². The fourth-order valence-corrected chi connectivity index (χ4v) is 5.19. The van der Waals surface area contributed by atoms with Crippen LogP contribution in [0.25, 0.3) is 0 Å². The van der Waals surface area contributed by atoms with Crippen LogP contribution in [0.1, 0.15) is 41.6 Å². The maximum Gasteiger partial charge on any atom is 0.417 e. The molecule has 1 aliphatic heterocycles. The highest BCUT2D eigenvalue weighted by atomic mass is 35.5. The molecule has 4 rings (SSSR count). The molecule has 1 saturated carbocycles. The van der Waals surface area contributed by atoms with Gasteiger partial charge in [0.15, 0.2) is 0 Å². The van der Waals surface area contributed by atoms with Crippen LogP contribution in [-0.4, -0.2) is 43.8 Å². The summed E-state index contributed by atoms with van der Waals surface area (Å²) in [4.78, 5) is 17.9. The van der Waals surface area contributed by atoms with Crippen molar-refractivity contribution in [3.05, 3.63) is 52.4 Å². The average Bonchev–Trinajstić information content (AvgIpc) is 3.53. The van der Waals surface area contributed by atoms with Gasteiger partial charge in [0.05, 0.1) is 27.4 Å². The van der Waals surface area contributed by atoms with Crippen LogP contribution < -0.4 is 14.4 Å². The van der Waals surface area contributed by atoms with E-state index in [0.717, 1.165) is 30.8 Å². The maximum absolute atomic E-state index is 14.5. The van der Waals surface area contributed by atoms with Crippen LogP contribution in [0.4, 0.5) is 23.4 Å². The Morgan fingerprint density at radius 3 is 2.59 bits per heavy atom. The molecule has 2 fully saturated rings. The number of alkyl halides is 3. The Bertz CT molecular complexity index is 1190. The van der Waals surface area contributed by atoms with Crippen molar-refractivity contribution in [2.45, 2.75) is 43.2 Å². The Balaban J connectivity index is 1.42. The van der Waals surface area contributed by atoms with Crippen LogP contribution in [0, 0.1) is 5.82 Å². The predicted octanol–water partition coefficient (Wildman–Crippen LogP) is 4.16. The molecule has 1 saturated heterocycles. The van der Waals surface area contributed by atoms with Crippen LogP contribution >= 0.6 is 11.6 Å². The highest BCUT2D eigenvalue weighted by Gasteiger charge is 2.37. The minimum atomic E-state index is -4.48. The van der Waals surface area contributed by atoms with Gasteiger partial charge in [-0.15, -0.1) is 0 Å². The zero-order valence-electron chi connectivity index (χ0n) is 17.6. The van der Waals surface area contributed by atoms with Crippen molar-refractivity contribution in [1.82, 2.24) is 9.71 Å². The third-order valence-electron chi connectivity index (χ3n) is 5.64. The number of nitrogens with one attached hydrogen (secondary N) is 1. The normalized spacial score (nSPS) is 18.7. The second-order valence-electron chi connectivity index (χ2n) is 8.14. The lowest BCUT2D eigenvalue weighted by Gasteiger charge is -2.26. The summed E-state index contributed by atoms with van der Waals surface area (Å²) >= 11 is 6.14. The number of hydrogen-bond acceptors (Lipinski definition) is 6. The molecule has 1 aromatic carbocycles. The van der Waals surface area contributed by atoms with Crippen molar-refractivity contribution in [2.75, 3.05) is 18.1 Å². The number of nitrogens with zero attached hydrogens (tertiary/aromatic N) is 2. The van der Waals surface area contributed by atoms with Gasteiger partial charge in [0, 0.05) is 18.8 Å². The maximum atomic E-state index is 14.5. The molecule has 1 amide bonds. The molecule has 13 heteroatoms. The molecule has 34 heavy (non-hydrogen) atoms. The van der Waals surface area contributed by atoms with Crippen molar-refractivity contribution in [3.8, 4) is 5.75 Å². The van der Waals surface area contributed by atoms with Gasteiger partial charge in [-0.05, 0) is 43.9 Å². The summed E-state index contributed by atoms with van der Waals surface area (Å²) in [7, 11) is -3.85. The van der Waals surface area contributed by atoms with E-state index in [1.165, 1.54) is 6.07 Å². The molecule has 7 nitrogen and oxygen atoms in total. The molecule has 1 N–H and O–H groups in total. The summed E-state index contributed by atoms with van der Waals surface area (Å²) in [6, 6.07) is 3.90. The van der Waals surface area contributed by atoms with Gasteiger partial charge in [-0.25, -0.2) is 22.5 Å². The molecule has 1 aromatic heterocycles. The Labute approximate surface area is 198 Å². The minimum Gasteiger partial charge on any atom is -0.490 e. The quantitative estimate of drug-likeness (QED) is 0.550. The number of sulfonamides is 1. The van der Waals surface area contributed by atoms with E-state index in [2.05, 4.69) is 4.98 Å². The Morgan fingerprint density at radius 2 is 1.97 bits per heavy atom. The third kappa shape index (κ3) is 5.38. The van der Waals surface area contributed by atoms with Gasteiger partial charge < -0.3 is 9.64 Å². The van der Waals surface area contributed by atoms with Crippen LogP contribution in [0.5, 0.6) is 5.75 Å². The number of amides is 1. The zero-order valence-corrected chi connectivity index (χ0v) is 19.2. The summed E-state index contributed by atoms with van der Waals surface area (Å²) in [6.45, 7) is 0.604. The van der Waals surface area contributed by atoms with Crippen LogP contribution in [0.2, 0.25) is 5.02 Å². The fraction of sp³-hybridized carbons (Fsp3) is 0.429. The molecule has 1 aliphatic carbocycles. The molecule has 184 valence electrons. The molecule has 0 spiro atoms. The van der Waals surface area contributed by atoms with E-state index in [9.17, 15) is 30.8 Å². The monoisotopic (exact) mass is 521 g/mol. The van der Waals surface area contributed by atoms with Gasteiger partial charge in [0.25, 0.3) is 5.91 Å². The standard InChI is InChI=1S/C21H20ClF4N3O4S/c22-16-8-15(20(30)28-34(31,32)14-4-5-14)17(23)9-18(16)33-11-13-2-1-7-29(13)19-6-3-12(10-27-19)21(24,25)26/h3,6,8-10,13-14H,1-2,4-5,7,11H2,(H,28,30). The van der Waals surface area contributed by atoms with E-state index in [0.29, 0.717) is 31.6 Å². The first kappa shape index (κ1) is 24.5. The van der Waals surface area contributed by atoms with E-state index in [1.807, 2.05) is 4.72 Å². The first-order chi connectivity index (χ1) is 16.0. The molecule has 1 unspecified atom stereocenters. The van der Waals surface area contributed by atoms with E-state index in [-0.39, 0.29) is 23.4 Å².